The Kier molecular flexibility index (Phi) is 27.9. The van der Waals surface area contributed by atoms with Crippen LogP contribution in [0.25, 0.3) is 11.3 Å². The number of nitrogen functional groups attached to an aromatic ring is 2. The molecule has 0 fully saturated rings. The largest absolute Gasteiger partial charge is 0.398 e. The number of unbranched alkanes of at least 4 members (excludes halogenated alkanes) is 3. The molecule has 2 aromatic heterocycles. The summed E-state index contributed by atoms with van der Waals surface area (Å²) >= 11 is 6.58. The van der Waals surface area contributed by atoms with Crippen LogP contribution in [0.4, 0.5) is 34.6 Å². The third-order valence-electron chi connectivity index (χ3n) is 11.0. The first-order chi connectivity index (χ1) is 35.6. The SMILES string of the molecule is CCC[CH2][Sn]([CH2]CCC)([CH2]CCC)[c]1ccccn1.CS(=O)(=O)c1cc(N)c(-c2ccccn2)cc1F.CS(=O)(=O)c1cc(N)c(Br)cc1F.CS(=O)(=O)c1cc([N+](=O)[O-])c(Br)cc1F.CS(=O)(=O)c1ccc(Br)cc1F. The van der Waals surface area contributed by atoms with Gasteiger partial charge in [0.1, 0.15) is 42.9 Å². The third kappa shape index (κ3) is 22.2. The number of halogens is 7. The van der Waals surface area contributed by atoms with Crippen molar-refractivity contribution in [2.75, 3.05) is 36.5 Å². The minimum absolute atomic E-state index is 0.0996. The quantitative estimate of drug-likeness (QED) is 0.0300. The zero-order valence-corrected chi connectivity index (χ0v) is 53.9. The van der Waals surface area contributed by atoms with Crippen molar-refractivity contribution in [3.05, 3.63) is 150 Å². The molecule has 0 spiro atoms. The van der Waals surface area contributed by atoms with Gasteiger partial charge in [0.05, 0.1) is 15.1 Å². The van der Waals surface area contributed by atoms with Gasteiger partial charge in [-0.3, -0.25) is 15.1 Å². The Balaban J connectivity index is 0.000000333. The van der Waals surface area contributed by atoms with Crippen LogP contribution in [0.3, 0.4) is 0 Å². The van der Waals surface area contributed by atoms with E-state index in [1.165, 1.54) is 64.0 Å². The molecule has 0 saturated heterocycles. The summed E-state index contributed by atoms with van der Waals surface area (Å²) in [5, 5.41) is 10.5. The standard InChI is InChI=1S/C12H11FN2O2S.C7H5BrFNO4S.C7H7BrFNO2S.C7H6BrFO2S.C5H4N.3C4H9.Sn/c1-18(16,17)12-7-10(14)8(6-9(12)13)11-4-2-3-5-15-11;1-15(13,14)7-3-6(10(11)12)4(8)2-5(7)9;1-13(11,12)7-3-6(10)4(8)2-5(7)9;1-12(10,11)7-3-2-5(8)4-6(7)9;1-2-4-6-5-3-1;3*1-3-4-2;/h2-7H,14H2,1H3;2-3H,1H3;2-3H,10H2,1H3;2-4H,1H3;1-4H;3*1,3-4H2,2H3;. The zero-order chi connectivity index (χ0) is 58.7. The topological polar surface area (TPSA) is 258 Å². The number of nitro groups is 1. The van der Waals surface area contributed by atoms with E-state index < -0.39 is 101 Å². The Labute approximate surface area is 478 Å². The molecule has 0 aliphatic carbocycles. The van der Waals surface area contributed by atoms with Gasteiger partial charge in [-0.05, 0) is 92.5 Å². The average molecular weight is 1450 g/mol. The van der Waals surface area contributed by atoms with E-state index >= 15 is 0 Å². The first kappa shape index (κ1) is 69.0. The van der Waals surface area contributed by atoms with Crippen LogP contribution in [0.5, 0.6) is 0 Å². The summed E-state index contributed by atoms with van der Waals surface area (Å²) in [4.78, 5) is 16.8. The summed E-state index contributed by atoms with van der Waals surface area (Å²) in [5.74, 6) is -3.38. The smallest absolute Gasteiger partial charge is 0.285 e. The van der Waals surface area contributed by atoms with Gasteiger partial charge in [0.15, 0.2) is 39.3 Å². The van der Waals surface area contributed by atoms with E-state index in [1.807, 2.05) is 6.20 Å². The fourth-order valence-corrected chi connectivity index (χ4v) is 26.6. The number of anilines is 2. The number of rotatable bonds is 16. The molecule has 0 aliphatic rings. The van der Waals surface area contributed by atoms with E-state index in [9.17, 15) is 61.3 Å². The molecular formula is C50H60Br3F4N5O10S4Sn. The minimum atomic E-state index is -3.81. The van der Waals surface area contributed by atoms with Crippen LogP contribution in [0, 0.1) is 33.4 Å². The molecule has 0 radical (unpaired) electrons. The molecule has 422 valence electrons. The number of nitrogens with zero attached hydrogens (tertiary/aromatic N) is 3. The molecule has 2 heterocycles. The van der Waals surface area contributed by atoms with Gasteiger partial charge in [-0.2, -0.15) is 0 Å². The van der Waals surface area contributed by atoms with Gasteiger partial charge in [0.2, 0.25) is 0 Å². The summed E-state index contributed by atoms with van der Waals surface area (Å²) in [6, 6.07) is 21.4. The molecule has 0 atom stereocenters. The van der Waals surface area contributed by atoms with Crippen molar-refractivity contribution in [2.24, 2.45) is 0 Å². The maximum atomic E-state index is 13.7. The van der Waals surface area contributed by atoms with Crippen LogP contribution in [0.2, 0.25) is 13.3 Å². The van der Waals surface area contributed by atoms with E-state index in [4.69, 9.17) is 16.5 Å². The molecule has 4 N–H and O–H groups in total. The Morgan fingerprint density at radius 2 is 0.948 bits per heavy atom. The number of hydrogen-bond donors (Lipinski definition) is 2. The fourth-order valence-electron chi connectivity index (χ4n) is 7.13. The Morgan fingerprint density at radius 3 is 1.35 bits per heavy atom. The number of pyridine rings is 2. The van der Waals surface area contributed by atoms with Crippen LogP contribution >= 0.6 is 47.8 Å². The third-order valence-corrected chi connectivity index (χ3v) is 32.5. The number of nitrogens with two attached hydrogens (primary N) is 2. The summed E-state index contributed by atoms with van der Waals surface area (Å²) < 4.78 is 148. The van der Waals surface area contributed by atoms with Gasteiger partial charge < -0.3 is 11.5 Å². The number of aromatic nitrogens is 2. The van der Waals surface area contributed by atoms with E-state index in [-0.39, 0.29) is 25.6 Å². The first-order valence-electron chi connectivity index (χ1n) is 23.2. The second kappa shape index (κ2) is 31.1. The maximum Gasteiger partial charge on any atom is 0.285 e. The molecule has 0 bridgehead atoms. The summed E-state index contributed by atoms with van der Waals surface area (Å²) in [5.41, 5.74) is 11.9. The van der Waals surface area contributed by atoms with Crippen LogP contribution < -0.4 is 15.2 Å². The molecular weight excluding hydrogens is 1390 g/mol. The molecule has 15 nitrogen and oxygen atoms in total. The number of nitro benzene ring substituents is 1. The predicted octanol–water partition coefficient (Wildman–Crippen LogP) is 12.5. The number of benzene rings is 4. The molecule has 6 rings (SSSR count). The molecule has 4 aromatic carbocycles. The maximum absolute atomic E-state index is 13.7. The first-order valence-corrected chi connectivity index (χ1v) is 40.6. The van der Waals surface area contributed by atoms with Gasteiger partial charge in [0, 0.05) is 63.2 Å². The normalized spacial score (nSPS) is 11.6. The van der Waals surface area contributed by atoms with Crippen LogP contribution in [0.1, 0.15) is 59.3 Å². The van der Waals surface area contributed by atoms with Crippen molar-refractivity contribution in [2.45, 2.75) is 92.2 Å². The van der Waals surface area contributed by atoms with Crippen molar-refractivity contribution >= 4 is 126 Å². The molecule has 0 unspecified atom stereocenters. The zero-order valence-electron chi connectivity index (χ0n) is 43.0. The Bertz CT molecular complexity index is 3410. The fraction of sp³-hybridized carbons (Fsp3) is 0.320. The van der Waals surface area contributed by atoms with Gasteiger partial charge in [-0.25, -0.2) is 51.2 Å². The molecule has 0 saturated carbocycles. The molecule has 6 aromatic rings. The second-order valence-electron chi connectivity index (χ2n) is 17.3. The molecule has 0 amide bonds. The van der Waals surface area contributed by atoms with Gasteiger partial charge in [-0.15, -0.1) is 0 Å². The van der Waals surface area contributed by atoms with Gasteiger partial charge in [-0.1, -0.05) is 22.0 Å². The van der Waals surface area contributed by atoms with Crippen molar-refractivity contribution in [3.8, 4) is 11.3 Å². The van der Waals surface area contributed by atoms with E-state index in [2.05, 4.69) is 91.7 Å². The average Bonchev–Trinajstić information content (AvgIpc) is 3.33. The Morgan fingerprint density at radius 1 is 0.532 bits per heavy atom. The van der Waals surface area contributed by atoms with E-state index in [0.29, 0.717) is 26.3 Å². The number of hydrogen-bond acceptors (Lipinski definition) is 14. The second-order valence-corrected chi connectivity index (χ2v) is 41.0. The monoisotopic (exact) mass is 1450 g/mol. The molecule has 77 heavy (non-hydrogen) atoms. The van der Waals surface area contributed by atoms with Crippen molar-refractivity contribution in [3.63, 3.8) is 0 Å². The summed E-state index contributed by atoms with van der Waals surface area (Å²) in [6.07, 6.45) is 15.5. The molecule has 0 aliphatic heterocycles. The van der Waals surface area contributed by atoms with Gasteiger partial charge in [0.25, 0.3) is 5.69 Å². The van der Waals surface area contributed by atoms with E-state index in [0.717, 1.165) is 61.4 Å². The van der Waals surface area contributed by atoms with Crippen molar-refractivity contribution in [1.82, 2.24) is 9.97 Å². The van der Waals surface area contributed by atoms with Gasteiger partial charge >= 0.3 is 124 Å². The Hall–Kier alpha value is -4.06. The molecule has 27 heteroatoms. The summed E-state index contributed by atoms with van der Waals surface area (Å²) in [6.45, 7) is 6.98. The van der Waals surface area contributed by atoms with Crippen LogP contribution in [-0.2, 0) is 39.3 Å². The summed E-state index contributed by atoms with van der Waals surface area (Å²) in [7, 11) is -14.4. The number of sulfone groups is 4. The van der Waals surface area contributed by atoms with Crippen LogP contribution in [0.15, 0.2) is 136 Å². The minimum Gasteiger partial charge on any atom is -0.398 e. The van der Waals surface area contributed by atoms with Crippen molar-refractivity contribution < 1.29 is 56.2 Å². The predicted molar refractivity (Wildman–Crippen MR) is 309 cm³/mol. The van der Waals surface area contributed by atoms with Crippen LogP contribution in [-0.4, -0.2) is 92.0 Å². The van der Waals surface area contributed by atoms with Crippen molar-refractivity contribution in [1.29, 1.82) is 0 Å². The van der Waals surface area contributed by atoms with E-state index in [1.54, 1.807) is 28.1 Å².